The molecule has 24 heavy (non-hydrogen) atoms. The Morgan fingerprint density at radius 2 is 1.79 bits per heavy atom. The molecule has 0 spiro atoms. The smallest absolute Gasteiger partial charge is 0.311 e. The van der Waals surface area contributed by atoms with Gasteiger partial charge in [0.25, 0.3) is 0 Å². The summed E-state index contributed by atoms with van der Waals surface area (Å²) in [5.41, 5.74) is 4.58. The molecule has 134 valence electrons. The number of nitrogens with zero attached hydrogens (tertiary/aromatic N) is 1. The molecule has 0 amide bonds. The highest BCUT2D eigenvalue weighted by atomic mass is 35.5. The van der Waals surface area contributed by atoms with Gasteiger partial charge in [-0.25, -0.2) is 4.42 Å². The second-order valence-corrected chi connectivity index (χ2v) is 8.51. The first-order valence-electron chi connectivity index (χ1n) is 8.80. The van der Waals surface area contributed by atoms with Gasteiger partial charge in [-0.2, -0.15) is 0 Å². The standard InChI is InChI=1S/C20H30ClNO2/c1-13-10-14(2)17(15(3)11-13)12-22(21)18-9-7-8-16(18)19(23)24-20(4,5)6/h10-11,16,18H,7-9,12H2,1-6H3/t16-,18+/m1/s1. The van der Waals surface area contributed by atoms with Crippen molar-refractivity contribution in [3.63, 3.8) is 0 Å². The van der Waals surface area contributed by atoms with E-state index in [1.54, 1.807) is 0 Å². The van der Waals surface area contributed by atoms with Gasteiger partial charge in [-0.3, -0.25) is 4.79 Å². The van der Waals surface area contributed by atoms with Crippen LogP contribution in [-0.2, 0) is 16.1 Å². The Kier molecular flexibility index (Phi) is 5.98. The first-order valence-corrected chi connectivity index (χ1v) is 9.14. The maximum absolute atomic E-state index is 12.5. The zero-order valence-electron chi connectivity index (χ0n) is 15.8. The highest BCUT2D eigenvalue weighted by Crippen LogP contribution is 2.34. The first-order chi connectivity index (χ1) is 11.1. The van der Waals surface area contributed by atoms with Crippen molar-refractivity contribution >= 4 is 17.7 Å². The van der Waals surface area contributed by atoms with Crippen molar-refractivity contribution in [3.05, 3.63) is 34.4 Å². The lowest BCUT2D eigenvalue weighted by atomic mass is 9.98. The van der Waals surface area contributed by atoms with Gasteiger partial charge >= 0.3 is 5.97 Å². The van der Waals surface area contributed by atoms with Crippen molar-refractivity contribution in [2.24, 2.45) is 5.92 Å². The van der Waals surface area contributed by atoms with E-state index in [1.165, 1.54) is 22.3 Å². The minimum absolute atomic E-state index is 0.0432. The Hall–Kier alpha value is -1.06. The van der Waals surface area contributed by atoms with Gasteiger partial charge in [-0.05, 0) is 82.9 Å². The van der Waals surface area contributed by atoms with E-state index in [0.29, 0.717) is 6.54 Å². The number of carbonyl (C=O) groups excluding carboxylic acids is 1. The molecule has 2 rings (SSSR count). The monoisotopic (exact) mass is 351 g/mol. The fourth-order valence-corrected chi connectivity index (χ4v) is 4.01. The molecule has 1 aliphatic rings. The first kappa shape index (κ1) is 19.3. The molecule has 1 fully saturated rings. The maximum Gasteiger partial charge on any atom is 0.311 e. The van der Waals surface area contributed by atoms with Crippen molar-refractivity contribution in [1.29, 1.82) is 0 Å². The zero-order chi connectivity index (χ0) is 18.1. The molecule has 1 saturated carbocycles. The van der Waals surface area contributed by atoms with Crippen LogP contribution in [0.25, 0.3) is 0 Å². The number of halogens is 1. The summed E-state index contributed by atoms with van der Waals surface area (Å²) < 4.78 is 7.42. The molecule has 0 bridgehead atoms. The fourth-order valence-electron chi connectivity index (χ4n) is 3.66. The van der Waals surface area contributed by atoms with E-state index in [4.69, 9.17) is 16.5 Å². The molecule has 0 radical (unpaired) electrons. The Morgan fingerprint density at radius 1 is 1.21 bits per heavy atom. The van der Waals surface area contributed by atoms with Crippen molar-refractivity contribution < 1.29 is 9.53 Å². The summed E-state index contributed by atoms with van der Waals surface area (Å²) in [4.78, 5) is 12.5. The number of hydrogen-bond donors (Lipinski definition) is 0. The van der Waals surface area contributed by atoms with Gasteiger partial charge in [0.05, 0.1) is 5.92 Å². The normalized spacial score (nSPS) is 21.3. The Morgan fingerprint density at radius 3 is 2.33 bits per heavy atom. The average Bonchev–Trinajstić information content (AvgIpc) is 2.90. The van der Waals surface area contributed by atoms with E-state index in [2.05, 4.69) is 32.9 Å². The molecule has 0 heterocycles. The van der Waals surface area contributed by atoms with E-state index in [9.17, 15) is 4.79 Å². The van der Waals surface area contributed by atoms with Gasteiger partial charge in [-0.15, -0.1) is 0 Å². The fraction of sp³-hybridized carbons (Fsp3) is 0.650. The third kappa shape index (κ3) is 4.73. The summed E-state index contributed by atoms with van der Waals surface area (Å²) >= 11 is 6.64. The lowest BCUT2D eigenvalue weighted by Crippen LogP contribution is -2.38. The quantitative estimate of drug-likeness (QED) is 0.559. The lowest BCUT2D eigenvalue weighted by Gasteiger charge is -2.29. The van der Waals surface area contributed by atoms with Gasteiger partial charge in [0, 0.05) is 12.6 Å². The molecule has 0 aliphatic heterocycles. The number of hydrogen-bond acceptors (Lipinski definition) is 3. The molecule has 0 unspecified atom stereocenters. The molecule has 2 atom stereocenters. The third-order valence-corrected chi connectivity index (χ3v) is 5.07. The van der Waals surface area contributed by atoms with Crippen molar-refractivity contribution in [1.82, 2.24) is 4.42 Å². The van der Waals surface area contributed by atoms with Gasteiger partial charge < -0.3 is 4.74 Å². The molecule has 1 aromatic carbocycles. The van der Waals surface area contributed by atoms with Crippen LogP contribution in [0, 0.1) is 26.7 Å². The molecule has 0 N–H and O–H groups in total. The second-order valence-electron chi connectivity index (χ2n) is 8.07. The SMILES string of the molecule is Cc1cc(C)c(CN(Cl)[C@H]2CCC[C@H]2C(=O)OC(C)(C)C)c(C)c1. The van der Waals surface area contributed by atoms with Crippen LogP contribution in [0.15, 0.2) is 12.1 Å². The van der Waals surface area contributed by atoms with Gasteiger partial charge in [0.2, 0.25) is 0 Å². The van der Waals surface area contributed by atoms with E-state index < -0.39 is 5.60 Å². The highest BCUT2D eigenvalue weighted by Gasteiger charge is 2.39. The van der Waals surface area contributed by atoms with Crippen LogP contribution in [0.2, 0.25) is 0 Å². The number of carbonyl (C=O) groups is 1. The maximum atomic E-state index is 12.5. The van der Waals surface area contributed by atoms with Crippen LogP contribution in [0.1, 0.15) is 62.3 Å². The van der Waals surface area contributed by atoms with Crippen LogP contribution >= 0.6 is 11.8 Å². The minimum Gasteiger partial charge on any atom is -0.460 e. The Labute approximate surface area is 151 Å². The molecule has 1 aliphatic carbocycles. The predicted octanol–water partition coefficient (Wildman–Crippen LogP) is 5.08. The third-order valence-electron chi connectivity index (χ3n) is 4.70. The van der Waals surface area contributed by atoms with Crippen molar-refractivity contribution in [3.8, 4) is 0 Å². The van der Waals surface area contributed by atoms with Crippen LogP contribution in [0.3, 0.4) is 0 Å². The Balaban J connectivity index is 2.11. The topological polar surface area (TPSA) is 29.5 Å². The number of benzene rings is 1. The number of esters is 1. The average molecular weight is 352 g/mol. The lowest BCUT2D eigenvalue weighted by molar-refractivity contribution is -0.161. The van der Waals surface area contributed by atoms with E-state index in [0.717, 1.165) is 19.3 Å². The summed E-state index contributed by atoms with van der Waals surface area (Å²) in [6.07, 6.45) is 2.82. The minimum atomic E-state index is -0.453. The highest BCUT2D eigenvalue weighted by molar-refractivity contribution is 6.13. The van der Waals surface area contributed by atoms with E-state index >= 15 is 0 Å². The van der Waals surface area contributed by atoms with Crippen molar-refractivity contribution in [2.45, 2.75) is 79.0 Å². The number of aryl methyl sites for hydroxylation is 3. The molecule has 0 saturated heterocycles. The summed E-state index contributed by atoms with van der Waals surface area (Å²) in [5.74, 6) is -0.249. The largest absolute Gasteiger partial charge is 0.460 e. The van der Waals surface area contributed by atoms with E-state index in [-0.39, 0.29) is 17.9 Å². The number of rotatable bonds is 4. The van der Waals surface area contributed by atoms with Gasteiger partial charge in [-0.1, -0.05) is 24.1 Å². The molecule has 3 nitrogen and oxygen atoms in total. The van der Waals surface area contributed by atoms with Crippen molar-refractivity contribution in [2.75, 3.05) is 0 Å². The summed E-state index contributed by atoms with van der Waals surface area (Å²) in [7, 11) is 0. The molecule has 4 heteroatoms. The molecular weight excluding hydrogens is 322 g/mol. The summed E-state index contributed by atoms with van der Waals surface area (Å²) in [5, 5.41) is 0. The van der Waals surface area contributed by atoms with Crippen LogP contribution in [0.5, 0.6) is 0 Å². The number of ether oxygens (including phenoxy) is 1. The Bertz CT molecular complexity index is 583. The van der Waals surface area contributed by atoms with E-state index in [1.807, 2.05) is 25.2 Å². The van der Waals surface area contributed by atoms with Crippen LogP contribution in [0.4, 0.5) is 0 Å². The summed E-state index contributed by atoms with van der Waals surface area (Å²) in [6, 6.07) is 4.42. The van der Waals surface area contributed by atoms with Crippen LogP contribution in [-0.4, -0.2) is 22.0 Å². The molecule has 1 aromatic rings. The van der Waals surface area contributed by atoms with Crippen LogP contribution < -0.4 is 0 Å². The molecule has 0 aromatic heterocycles. The predicted molar refractivity (Wildman–Crippen MR) is 99.0 cm³/mol. The van der Waals surface area contributed by atoms with Gasteiger partial charge in [0.1, 0.15) is 5.60 Å². The second kappa shape index (κ2) is 7.45. The zero-order valence-corrected chi connectivity index (χ0v) is 16.5. The molecular formula is C20H30ClNO2. The van der Waals surface area contributed by atoms with Gasteiger partial charge in [0.15, 0.2) is 0 Å². The summed E-state index contributed by atoms with van der Waals surface area (Å²) in [6.45, 7) is 12.7.